The van der Waals surface area contributed by atoms with Gasteiger partial charge in [0.2, 0.25) is 0 Å². The predicted octanol–water partition coefficient (Wildman–Crippen LogP) is 3.16. The Kier molecular flexibility index (Phi) is 3.33. The summed E-state index contributed by atoms with van der Waals surface area (Å²) in [5.74, 6) is 0.807. The molecular formula is C11H20O. The zero-order valence-corrected chi connectivity index (χ0v) is 8.47. The predicted molar refractivity (Wildman–Crippen MR) is 52.2 cm³/mol. The third kappa shape index (κ3) is 2.98. The second-order valence-electron chi connectivity index (χ2n) is 4.26. The molecule has 0 aliphatic carbocycles. The molecule has 0 amide bonds. The van der Waals surface area contributed by atoms with Gasteiger partial charge in [0, 0.05) is 0 Å². The number of ether oxygens (including phenoxy) is 1. The molecule has 1 heterocycles. The van der Waals surface area contributed by atoms with Gasteiger partial charge >= 0.3 is 0 Å². The number of hydrogen-bond donors (Lipinski definition) is 0. The lowest BCUT2D eigenvalue weighted by atomic mass is 9.88. The average Bonchev–Trinajstić information content (AvgIpc) is 1.81. The van der Waals surface area contributed by atoms with Crippen LogP contribution in [0.1, 0.15) is 40.0 Å². The molecule has 0 radical (unpaired) electrons. The molecule has 0 bridgehead atoms. The van der Waals surface area contributed by atoms with Crippen molar-refractivity contribution in [1.82, 2.24) is 0 Å². The van der Waals surface area contributed by atoms with Gasteiger partial charge in [-0.25, -0.2) is 0 Å². The van der Waals surface area contributed by atoms with Crippen molar-refractivity contribution < 1.29 is 4.74 Å². The Hall–Kier alpha value is -0.300. The highest BCUT2D eigenvalue weighted by atomic mass is 16.5. The highest BCUT2D eigenvalue weighted by Crippen LogP contribution is 2.28. The van der Waals surface area contributed by atoms with Gasteiger partial charge in [0.1, 0.15) is 0 Å². The van der Waals surface area contributed by atoms with Crippen LogP contribution in [0.2, 0.25) is 0 Å². The molecule has 0 N–H and O–H groups in total. The van der Waals surface area contributed by atoms with Crippen LogP contribution in [0.4, 0.5) is 0 Å². The number of hydrogen-bond acceptors (Lipinski definition) is 1. The Morgan fingerprint density at radius 1 is 1.33 bits per heavy atom. The lowest BCUT2D eigenvalue weighted by Gasteiger charge is -2.32. The van der Waals surface area contributed by atoms with Crippen molar-refractivity contribution in [2.75, 3.05) is 0 Å². The van der Waals surface area contributed by atoms with Gasteiger partial charge in [0.05, 0.1) is 12.2 Å². The average molecular weight is 168 g/mol. The van der Waals surface area contributed by atoms with Gasteiger partial charge in [-0.1, -0.05) is 5.57 Å². The first-order chi connectivity index (χ1) is 5.58. The first kappa shape index (κ1) is 9.79. The molecule has 1 aliphatic heterocycles. The third-order valence-corrected chi connectivity index (χ3v) is 2.43. The summed E-state index contributed by atoms with van der Waals surface area (Å²) in [6.07, 6.45) is 4.48. The van der Waals surface area contributed by atoms with Gasteiger partial charge in [-0.3, -0.25) is 0 Å². The van der Waals surface area contributed by atoms with Crippen LogP contribution in [-0.4, -0.2) is 12.2 Å². The minimum absolute atomic E-state index is 0.443. The lowest BCUT2D eigenvalue weighted by Crippen LogP contribution is -2.29. The Bertz CT molecular complexity index is 152. The lowest BCUT2D eigenvalue weighted by molar-refractivity contribution is -0.0517. The van der Waals surface area contributed by atoms with Crippen molar-refractivity contribution in [3.8, 4) is 0 Å². The standard InChI is InChI=1S/C11H20O/c1-8(2)5-11-6-9(3)12-10(4)7-11/h9-11H,1,5-7H2,2-4H3/t9-,10+,11?. The van der Waals surface area contributed by atoms with Crippen LogP contribution in [0.25, 0.3) is 0 Å². The Labute approximate surface area is 75.8 Å². The Balaban J connectivity index is 2.38. The van der Waals surface area contributed by atoms with Gasteiger partial charge in [-0.2, -0.15) is 0 Å². The van der Waals surface area contributed by atoms with Gasteiger partial charge in [0.25, 0.3) is 0 Å². The van der Waals surface area contributed by atoms with Crippen LogP contribution in [0.3, 0.4) is 0 Å². The van der Waals surface area contributed by atoms with Crippen LogP contribution in [-0.2, 0) is 4.74 Å². The molecule has 3 atom stereocenters. The summed E-state index contributed by atoms with van der Waals surface area (Å²) in [4.78, 5) is 0. The summed E-state index contributed by atoms with van der Waals surface area (Å²) in [6.45, 7) is 10.4. The minimum atomic E-state index is 0.443. The number of allylic oxidation sites excluding steroid dienone is 1. The largest absolute Gasteiger partial charge is 0.376 e. The van der Waals surface area contributed by atoms with Gasteiger partial charge in [-0.05, 0) is 46.0 Å². The Morgan fingerprint density at radius 2 is 1.83 bits per heavy atom. The van der Waals surface area contributed by atoms with E-state index in [2.05, 4.69) is 27.4 Å². The van der Waals surface area contributed by atoms with Crippen molar-refractivity contribution in [2.24, 2.45) is 5.92 Å². The van der Waals surface area contributed by atoms with Gasteiger partial charge in [-0.15, -0.1) is 6.58 Å². The fraction of sp³-hybridized carbons (Fsp3) is 0.818. The second kappa shape index (κ2) is 4.08. The van der Waals surface area contributed by atoms with E-state index in [0.29, 0.717) is 12.2 Å². The van der Waals surface area contributed by atoms with E-state index in [-0.39, 0.29) is 0 Å². The molecule has 1 saturated heterocycles. The fourth-order valence-corrected chi connectivity index (χ4v) is 2.20. The van der Waals surface area contributed by atoms with E-state index in [1.54, 1.807) is 0 Å². The summed E-state index contributed by atoms with van der Waals surface area (Å²) < 4.78 is 5.67. The monoisotopic (exact) mass is 168 g/mol. The fourth-order valence-electron chi connectivity index (χ4n) is 2.20. The zero-order chi connectivity index (χ0) is 9.14. The van der Waals surface area contributed by atoms with E-state index in [1.165, 1.54) is 24.8 Å². The third-order valence-electron chi connectivity index (χ3n) is 2.43. The van der Waals surface area contributed by atoms with Crippen molar-refractivity contribution in [3.05, 3.63) is 12.2 Å². The molecule has 0 aromatic carbocycles. The maximum Gasteiger partial charge on any atom is 0.0553 e. The van der Waals surface area contributed by atoms with Gasteiger partial charge in [0.15, 0.2) is 0 Å². The normalized spacial score (nSPS) is 36.4. The van der Waals surface area contributed by atoms with E-state index in [0.717, 1.165) is 5.92 Å². The molecule has 0 aromatic rings. The maximum atomic E-state index is 5.67. The first-order valence-electron chi connectivity index (χ1n) is 4.87. The molecule has 70 valence electrons. The molecule has 0 spiro atoms. The smallest absolute Gasteiger partial charge is 0.0553 e. The SMILES string of the molecule is C=C(C)CC1C[C@@H](C)O[C@@H](C)C1. The number of rotatable bonds is 2. The topological polar surface area (TPSA) is 9.23 Å². The van der Waals surface area contributed by atoms with E-state index < -0.39 is 0 Å². The summed E-state index contributed by atoms with van der Waals surface area (Å²) >= 11 is 0. The van der Waals surface area contributed by atoms with Crippen molar-refractivity contribution in [1.29, 1.82) is 0 Å². The van der Waals surface area contributed by atoms with Crippen LogP contribution in [0.5, 0.6) is 0 Å². The van der Waals surface area contributed by atoms with Crippen molar-refractivity contribution in [2.45, 2.75) is 52.2 Å². The van der Waals surface area contributed by atoms with E-state index in [4.69, 9.17) is 4.74 Å². The molecule has 1 aliphatic rings. The van der Waals surface area contributed by atoms with E-state index in [1.807, 2.05) is 0 Å². The van der Waals surface area contributed by atoms with Crippen LogP contribution in [0, 0.1) is 5.92 Å². The van der Waals surface area contributed by atoms with Crippen molar-refractivity contribution >= 4 is 0 Å². The Morgan fingerprint density at radius 3 is 2.25 bits per heavy atom. The summed E-state index contributed by atoms with van der Waals surface area (Å²) in [7, 11) is 0. The minimum Gasteiger partial charge on any atom is -0.376 e. The van der Waals surface area contributed by atoms with E-state index >= 15 is 0 Å². The molecule has 1 nitrogen and oxygen atoms in total. The molecule has 1 unspecified atom stereocenters. The zero-order valence-electron chi connectivity index (χ0n) is 8.47. The summed E-state index contributed by atoms with van der Waals surface area (Å²) in [6, 6.07) is 0. The molecule has 1 heteroatoms. The van der Waals surface area contributed by atoms with Crippen LogP contribution in [0.15, 0.2) is 12.2 Å². The second-order valence-corrected chi connectivity index (χ2v) is 4.26. The summed E-state index contributed by atoms with van der Waals surface area (Å²) in [5, 5.41) is 0. The van der Waals surface area contributed by atoms with Crippen LogP contribution >= 0.6 is 0 Å². The maximum absolute atomic E-state index is 5.67. The molecular weight excluding hydrogens is 148 g/mol. The molecule has 0 saturated carbocycles. The quantitative estimate of drug-likeness (QED) is 0.575. The molecule has 1 fully saturated rings. The molecule has 12 heavy (non-hydrogen) atoms. The highest BCUT2D eigenvalue weighted by Gasteiger charge is 2.23. The highest BCUT2D eigenvalue weighted by molar-refractivity contribution is 4.92. The van der Waals surface area contributed by atoms with Gasteiger partial charge < -0.3 is 4.74 Å². The molecule has 1 rings (SSSR count). The van der Waals surface area contributed by atoms with Crippen molar-refractivity contribution in [3.63, 3.8) is 0 Å². The van der Waals surface area contributed by atoms with Crippen LogP contribution < -0.4 is 0 Å². The van der Waals surface area contributed by atoms with E-state index in [9.17, 15) is 0 Å². The molecule has 0 aromatic heterocycles. The first-order valence-corrected chi connectivity index (χ1v) is 4.87. The summed E-state index contributed by atoms with van der Waals surface area (Å²) in [5.41, 5.74) is 1.31.